The van der Waals surface area contributed by atoms with Crippen molar-refractivity contribution < 1.29 is 5.11 Å². The lowest BCUT2D eigenvalue weighted by Gasteiger charge is -2.60. The van der Waals surface area contributed by atoms with Crippen LogP contribution in [0.25, 0.3) is 0 Å². The smallest absolute Gasteiger partial charge is 0.0655 e. The molecule has 8 atom stereocenters. The van der Waals surface area contributed by atoms with Crippen molar-refractivity contribution in [2.75, 3.05) is 0 Å². The van der Waals surface area contributed by atoms with Gasteiger partial charge in [0.15, 0.2) is 0 Å². The molecule has 4 fully saturated rings. The summed E-state index contributed by atoms with van der Waals surface area (Å²) in [6, 6.07) is 2.54. The van der Waals surface area contributed by atoms with Crippen molar-refractivity contribution in [3.05, 3.63) is 0 Å². The van der Waals surface area contributed by atoms with Gasteiger partial charge in [0, 0.05) is 5.92 Å². The summed E-state index contributed by atoms with van der Waals surface area (Å²) in [7, 11) is 0. The van der Waals surface area contributed by atoms with Crippen molar-refractivity contribution in [3.63, 3.8) is 0 Å². The minimum Gasteiger partial charge on any atom is -0.393 e. The molecule has 0 bridgehead atoms. The molecule has 4 aliphatic carbocycles. The van der Waals surface area contributed by atoms with Crippen molar-refractivity contribution in [3.8, 4) is 6.07 Å². The third-order valence-corrected chi connectivity index (χ3v) is 8.80. The highest BCUT2D eigenvalue weighted by atomic mass is 16.3. The molecule has 122 valence electrons. The SMILES string of the molecule is C[C@]12CC[C@H](C#N)C[C@@H]1CC[C@@H]1[C@@H]2CC[C@]2(C)[C@@H](O)CC[C@@H]12. The average Bonchev–Trinajstić information content (AvgIpc) is 2.82. The van der Waals surface area contributed by atoms with Gasteiger partial charge in [0.05, 0.1) is 12.2 Å². The zero-order chi connectivity index (χ0) is 15.5. The lowest BCUT2D eigenvalue weighted by molar-refractivity contribution is -0.124. The van der Waals surface area contributed by atoms with Gasteiger partial charge in [-0.15, -0.1) is 0 Å². The molecule has 2 heteroatoms. The summed E-state index contributed by atoms with van der Waals surface area (Å²) >= 11 is 0. The Balaban J connectivity index is 1.61. The molecule has 22 heavy (non-hydrogen) atoms. The van der Waals surface area contributed by atoms with Crippen LogP contribution in [0.3, 0.4) is 0 Å². The Bertz CT molecular complexity index is 496. The van der Waals surface area contributed by atoms with Crippen molar-refractivity contribution >= 4 is 0 Å². The van der Waals surface area contributed by atoms with E-state index in [0.29, 0.717) is 11.3 Å². The van der Waals surface area contributed by atoms with Gasteiger partial charge in [-0.25, -0.2) is 0 Å². The van der Waals surface area contributed by atoms with E-state index in [-0.39, 0.29) is 11.5 Å². The summed E-state index contributed by atoms with van der Waals surface area (Å²) in [6.45, 7) is 4.92. The van der Waals surface area contributed by atoms with Crippen molar-refractivity contribution in [2.24, 2.45) is 40.4 Å². The monoisotopic (exact) mass is 301 g/mol. The highest BCUT2D eigenvalue weighted by Gasteiger charge is 2.59. The van der Waals surface area contributed by atoms with Gasteiger partial charge in [0.25, 0.3) is 0 Å². The number of hydrogen-bond acceptors (Lipinski definition) is 2. The highest BCUT2D eigenvalue weighted by Crippen LogP contribution is 2.66. The first-order valence-corrected chi connectivity index (χ1v) is 9.56. The zero-order valence-corrected chi connectivity index (χ0v) is 14.2. The number of fused-ring (bicyclic) bond motifs is 5. The van der Waals surface area contributed by atoms with Crippen LogP contribution in [0.5, 0.6) is 0 Å². The van der Waals surface area contributed by atoms with Crippen LogP contribution in [0.4, 0.5) is 0 Å². The number of nitriles is 1. The number of aliphatic hydroxyl groups excluding tert-OH is 1. The number of nitrogens with zero attached hydrogens (tertiary/aromatic N) is 1. The second kappa shape index (κ2) is 4.97. The van der Waals surface area contributed by atoms with E-state index in [2.05, 4.69) is 19.9 Å². The maximum Gasteiger partial charge on any atom is 0.0655 e. The predicted octanol–water partition coefficient (Wildman–Crippen LogP) is 4.53. The number of aliphatic hydroxyl groups is 1. The van der Waals surface area contributed by atoms with E-state index in [1.54, 1.807) is 0 Å². The van der Waals surface area contributed by atoms with Crippen LogP contribution in [0, 0.1) is 51.8 Å². The second-order valence-electron chi connectivity index (χ2n) is 9.39. The van der Waals surface area contributed by atoms with Gasteiger partial charge in [-0.3, -0.25) is 0 Å². The molecule has 0 amide bonds. The van der Waals surface area contributed by atoms with Gasteiger partial charge in [-0.2, -0.15) is 5.26 Å². The van der Waals surface area contributed by atoms with Crippen LogP contribution in [0.15, 0.2) is 0 Å². The van der Waals surface area contributed by atoms with Gasteiger partial charge in [0.1, 0.15) is 0 Å². The fourth-order valence-corrected chi connectivity index (χ4v) is 7.35. The van der Waals surface area contributed by atoms with Crippen LogP contribution in [0.1, 0.15) is 71.6 Å². The molecule has 0 aromatic heterocycles. The molecule has 0 unspecified atom stereocenters. The molecule has 1 N–H and O–H groups in total. The summed E-state index contributed by atoms with van der Waals surface area (Å²) in [5, 5.41) is 19.8. The van der Waals surface area contributed by atoms with Gasteiger partial charge >= 0.3 is 0 Å². The Kier molecular flexibility index (Phi) is 3.39. The Morgan fingerprint density at radius 2 is 1.64 bits per heavy atom. The van der Waals surface area contributed by atoms with Crippen molar-refractivity contribution in [1.29, 1.82) is 5.26 Å². The van der Waals surface area contributed by atoms with Crippen molar-refractivity contribution in [2.45, 2.75) is 77.7 Å². The largest absolute Gasteiger partial charge is 0.393 e. The van der Waals surface area contributed by atoms with Gasteiger partial charge < -0.3 is 5.11 Å². The second-order valence-corrected chi connectivity index (χ2v) is 9.39. The summed E-state index contributed by atoms with van der Waals surface area (Å²) < 4.78 is 0. The Labute approximate surface area is 135 Å². The molecule has 4 rings (SSSR count). The predicted molar refractivity (Wildman–Crippen MR) is 86.8 cm³/mol. The fourth-order valence-electron chi connectivity index (χ4n) is 7.35. The van der Waals surface area contributed by atoms with Crippen LogP contribution in [-0.2, 0) is 0 Å². The first kappa shape index (κ1) is 15.0. The fraction of sp³-hybridized carbons (Fsp3) is 0.950. The van der Waals surface area contributed by atoms with Crippen LogP contribution < -0.4 is 0 Å². The van der Waals surface area contributed by atoms with E-state index < -0.39 is 0 Å². The molecule has 0 aliphatic heterocycles. The highest BCUT2D eigenvalue weighted by molar-refractivity contribution is 5.10. The topological polar surface area (TPSA) is 44.0 Å². The quantitative estimate of drug-likeness (QED) is 0.714. The maximum absolute atomic E-state index is 10.5. The normalized spacial score (nSPS) is 57.4. The molecule has 0 aromatic rings. The van der Waals surface area contributed by atoms with E-state index in [1.807, 2.05) is 0 Å². The standard InChI is InChI=1S/C20H31NO/c1-19-9-7-13(12-21)11-14(19)3-4-15-16-5-6-18(22)20(16,2)10-8-17(15)19/h13-18,22H,3-11H2,1-2H3/t13-,14-,15-,16-,17-,18-,19-,20-/m0/s1. The van der Waals surface area contributed by atoms with E-state index in [9.17, 15) is 10.4 Å². The summed E-state index contributed by atoms with van der Waals surface area (Å²) in [5.41, 5.74) is 0.680. The lowest BCUT2D eigenvalue weighted by Crippen LogP contribution is -2.53. The molecule has 0 spiro atoms. The van der Waals surface area contributed by atoms with Gasteiger partial charge in [-0.1, -0.05) is 13.8 Å². The van der Waals surface area contributed by atoms with Gasteiger partial charge in [-0.05, 0) is 92.3 Å². The molecule has 0 radical (unpaired) electrons. The van der Waals surface area contributed by atoms with E-state index in [4.69, 9.17) is 0 Å². The summed E-state index contributed by atoms with van der Waals surface area (Å²) in [6.07, 6.45) is 11.0. The number of hydrogen-bond donors (Lipinski definition) is 1. The van der Waals surface area contributed by atoms with Crippen LogP contribution >= 0.6 is 0 Å². The minimum atomic E-state index is -0.0571. The molecule has 0 saturated heterocycles. The summed E-state index contributed by atoms with van der Waals surface area (Å²) in [4.78, 5) is 0. The third kappa shape index (κ3) is 1.87. The number of rotatable bonds is 0. The Morgan fingerprint density at radius 1 is 0.909 bits per heavy atom. The van der Waals surface area contributed by atoms with Crippen LogP contribution in [-0.4, -0.2) is 11.2 Å². The van der Waals surface area contributed by atoms with E-state index in [0.717, 1.165) is 42.9 Å². The molecule has 0 aromatic carbocycles. The molecular weight excluding hydrogens is 270 g/mol. The lowest BCUT2D eigenvalue weighted by atomic mass is 9.44. The average molecular weight is 301 g/mol. The zero-order valence-electron chi connectivity index (χ0n) is 14.2. The first-order chi connectivity index (χ1) is 10.5. The molecule has 4 saturated carbocycles. The first-order valence-electron chi connectivity index (χ1n) is 9.56. The molecule has 2 nitrogen and oxygen atoms in total. The maximum atomic E-state index is 10.5. The third-order valence-electron chi connectivity index (χ3n) is 8.80. The Hall–Kier alpha value is -0.550. The van der Waals surface area contributed by atoms with E-state index in [1.165, 1.54) is 38.5 Å². The Morgan fingerprint density at radius 3 is 2.41 bits per heavy atom. The van der Waals surface area contributed by atoms with Crippen LogP contribution in [0.2, 0.25) is 0 Å². The van der Waals surface area contributed by atoms with E-state index >= 15 is 0 Å². The van der Waals surface area contributed by atoms with Crippen molar-refractivity contribution in [1.82, 2.24) is 0 Å². The molecule has 4 aliphatic rings. The summed E-state index contributed by atoms with van der Waals surface area (Å²) in [5.74, 6) is 3.55. The minimum absolute atomic E-state index is 0.0571. The molecule has 0 heterocycles. The molecular formula is C20H31NO. The van der Waals surface area contributed by atoms with Gasteiger partial charge in [0.2, 0.25) is 0 Å².